The van der Waals surface area contributed by atoms with Crippen LogP contribution in [0, 0.1) is 19.8 Å². The second kappa shape index (κ2) is 8.73. The first kappa shape index (κ1) is 23.5. The zero-order chi connectivity index (χ0) is 24.9. The van der Waals surface area contributed by atoms with Crippen LogP contribution in [0.3, 0.4) is 0 Å². The predicted octanol–water partition coefficient (Wildman–Crippen LogP) is 5.76. The van der Waals surface area contributed by atoms with Crippen molar-refractivity contribution in [3.63, 3.8) is 0 Å². The molecule has 2 aliphatic rings. The van der Waals surface area contributed by atoms with Crippen LogP contribution in [0.5, 0.6) is 11.5 Å². The van der Waals surface area contributed by atoms with E-state index in [0.717, 1.165) is 28.1 Å². The van der Waals surface area contributed by atoms with Crippen LogP contribution in [0.15, 0.2) is 60.7 Å². The number of hydrogen-bond acceptors (Lipinski definition) is 4. The number of nitrogens with one attached hydrogen (secondary N) is 2. The molecule has 0 aromatic heterocycles. The molecule has 0 aliphatic carbocycles. The van der Waals surface area contributed by atoms with E-state index in [2.05, 4.69) is 10.6 Å². The van der Waals surface area contributed by atoms with E-state index in [-0.39, 0.29) is 5.91 Å². The summed E-state index contributed by atoms with van der Waals surface area (Å²) < 4.78 is 12.1. The molecule has 8 heteroatoms. The molecule has 3 aromatic carbocycles. The van der Waals surface area contributed by atoms with Crippen molar-refractivity contribution in [2.45, 2.75) is 32.5 Å². The van der Waals surface area contributed by atoms with Gasteiger partial charge in [0.25, 0.3) is 0 Å². The molecule has 2 N–H and O–H groups in total. The lowest BCUT2D eigenvalue weighted by molar-refractivity contribution is -0.130. The molecule has 1 fully saturated rings. The van der Waals surface area contributed by atoms with E-state index < -0.39 is 17.7 Å². The van der Waals surface area contributed by atoms with Crippen LogP contribution in [0.1, 0.15) is 29.7 Å². The lowest BCUT2D eigenvalue weighted by atomic mass is 9.78. The van der Waals surface area contributed by atoms with E-state index in [1.807, 2.05) is 74.2 Å². The third-order valence-corrected chi connectivity index (χ3v) is 7.26. The summed E-state index contributed by atoms with van der Waals surface area (Å²) in [5.41, 5.74) is 3.37. The number of halogens is 1. The largest absolute Gasteiger partial charge is 0.497 e. The van der Waals surface area contributed by atoms with Gasteiger partial charge in [-0.05, 0) is 87.1 Å². The summed E-state index contributed by atoms with van der Waals surface area (Å²) in [6, 6.07) is 18.5. The Bertz CT molecular complexity index is 1330. The summed E-state index contributed by atoms with van der Waals surface area (Å²) in [4.78, 5) is 15.8. The van der Waals surface area contributed by atoms with Crippen molar-refractivity contribution in [3.05, 3.63) is 82.4 Å². The molecule has 0 unspecified atom stereocenters. The van der Waals surface area contributed by atoms with Gasteiger partial charge < -0.3 is 20.1 Å². The second-order valence-corrected chi connectivity index (χ2v) is 9.91. The van der Waals surface area contributed by atoms with E-state index in [1.165, 1.54) is 0 Å². The molecule has 0 saturated carbocycles. The number of methoxy groups -OCH3 is 1. The highest BCUT2D eigenvalue weighted by molar-refractivity contribution is 7.80. The maximum atomic E-state index is 14.0. The minimum absolute atomic E-state index is 0.174. The first-order valence-corrected chi connectivity index (χ1v) is 12.1. The number of carbonyl (C=O) groups is 1. The van der Waals surface area contributed by atoms with Crippen molar-refractivity contribution in [3.8, 4) is 11.5 Å². The van der Waals surface area contributed by atoms with Crippen LogP contribution < -0.4 is 25.0 Å². The molecule has 3 atom stereocenters. The fourth-order valence-electron chi connectivity index (χ4n) is 5.03. The Hall–Kier alpha value is -3.29. The molecule has 1 amide bonds. The zero-order valence-electron chi connectivity index (χ0n) is 19.9. The van der Waals surface area contributed by atoms with Crippen LogP contribution in [0.25, 0.3) is 0 Å². The smallest absolute Gasteiger partial charge is 0.236 e. The molecule has 2 bridgehead atoms. The number of ether oxygens (including phenoxy) is 2. The van der Waals surface area contributed by atoms with Gasteiger partial charge in [-0.3, -0.25) is 9.69 Å². The number of rotatable bonds is 4. The van der Waals surface area contributed by atoms with E-state index in [1.54, 1.807) is 19.2 Å². The highest BCUT2D eigenvalue weighted by Crippen LogP contribution is 2.50. The lowest BCUT2D eigenvalue weighted by Gasteiger charge is -2.56. The summed E-state index contributed by atoms with van der Waals surface area (Å²) in [5.74, 6) is 0.525. The maximum absolute atomic E-state index is 14.0. The first-order valence-electron chi connectivity index (χ1n) is 11.3. The highest BCUT2D eigenvalue weighted by atomic mass is 35.5. The molecule has 180 valence electrons. The molecule has 1 saturated heterocycles. The number of fused-ring (bicyclic) bond motifs is 4. The number of anilines is 2. The summed E-state index contributed by atoms with van der Waals surface area (Å²) >= 11 is 11.9. The lowest BCUT2D eigenvalue weighted by Crippen LogP contribution is -2.72. The molecule has 3 aromatic rings. The van der Waals surface area contributed by atoms with Crippen LogP contribution >= 0.6 is 23.8 Å². The average Bonchev–Trinajstić information content (AvgIpc) is 2.81. The van der Waals surface area contributed by atoms with Gasteiger partial charge in [0.05, 0.1) is 13.2 Å². The number of hydrogen-bond donors (Lipinski definition) is 2. The van der Waals surface area contributed by atoms with Crippen molar-refractivity contribution >= 4 is 46.2 Å². The van der Waals surface area contributed by atoms with Gasteiger partial charge in [-0.15, -0.1) is 0 Å². The van der Waals surface area contributed by atoms with Gasteiger partial charge in [-0.1, -0.05) is 29.3 Å². The molecule has 0 radical (unpaired) electrons. The number of nitrogens with zero attached hydrogens (tertiary/aromatic N) is 1. The van der Waals surface area contributed by atoms with Crippen molar-refractivity contribution in [1.82, 2.24) is 5.32 Å². The van der Waals surface area contributed by atoms with Crippen LogP contribution in [-0.4, -0.2) is 23.9 Å². The van der Waals surface area contributed by atoms with Gasteiger partial charge in [-0.25, -0.2) is 0 Å². The van der Waals surface area contributed by atoms with Gasteiger partial charge in [0.15, 0.2) is 10.8 Å². The van der Waals surface area contributed by atoms with Gasteiger partial charge in [0.2, 0.25) is 5.91 Å². The minimum Gasteiger partial charge on any atom is -0.497 e. The fourth-order valence-corrected chi connectivity index (χ4v) is 5.57. The summed E-state index contributed by atoms with van der Waals surface area (Å²) in [5, 5.41) is 7.62. The van der Waals surface area contributed by atoms with Gasteiger partial charge >= 0.3 is 0 Å². The predicted molar refractivity (Wildman–Crippen MR) is 142 cm³/mol. The molecule has 5 rings (SSSR count). The van der Waals surface area contributed by atoms with E-state index >= 15 is 0 Å². The van der Waals surface area contributed by atoms with Crippen LogP contribution in [0.2, 0.25) is 5.02 Å². The third kappa shape index (κ3) is 3.98. The van der Waals surface area contributed by atoms with Crippen LogP contribution in [0.4, 0.5) is 11.4 Å². The Kier molecular flexibility index (Phi) is 5.85. The standard InChI is InChI=1S/C27H26ClN3O3S/c1-15-5-11-21(16(2)13-15)29-25(32)23-24-20-14-19(33-4)10-12-22(20)34-27(23,3)31(26(35)30-24)18-8-6-17(28)7-9-18/h5-14,23-24H,1-4H3,(H,29,32)(H,30,35)/t23-,24+,27-/m0/s1. The van der Waals surface area contributed by atoms with Crippen molar-refractivity contribution in [1.29, 1.82) is 0 Å². The summed E-state index contributed by atoms with van der Waals surface area (Å²) in [6.45, 7) is 5.91. The molecule has 6 nitrogen and oxygen atoms in total. The normalized spacial score (nSPS) is 22.5. The maximum Gasteiger partial charge on any atom is 0.236 e. The van der Waals surface area contributed by atoms with Crippen molar-refractivity contribution in [2.24, 2.45) is 5.92 Å². The number of amides is 1. The number of benzene rings is 3. The molecule has 2 heterocycles. The number of carbonyl (C=O) groups excluding carboxylic acids is 1. The van der Waals surface area contributed by atoms with E-state index in [0.29, 0.717) is 21.6 Å². The Morgan fingerprint density at radius 2 is 1.89 bits per heavy atom. The minimum atomic E-state index is -1.11. The van der Waals surface area contributed by atoms with Gasteiger partial charge in [0.1, 0.15) is 17.4 Å². The van der Waals surface area contributed by atoms with E-state index in [4.69, 9.17) is 33.3 Å². The topological polar surface area (TPSA) is 62.8 Å². The van der Waals surface area contributed by atoms with Crippen molar-refractivity contribution in [2.75, 3.05) is 17.3 Å². The molecule has 35 heavy (non-hydrogen) atoms. The molecule has 2 aliphatic heterocycles. The number of thiocarbonyl (C=S) groups is 1. The Morgan fingerprint density at radius 3 is 2.57 bits per heavy atom. The Labute approximate surface area is 215 Å². The fraction of sp³-hybridized carbons (Fsp3) is 0.259. The average molecular weight is 508 g/mol. The SMILES string of the molecule is COc1ccc2c(c1)[C@H]1NC(=S)N(c3ccc(Cl)cc3)[C@@](C)(O2)[C@@H]1C(=O)Nc1ccc(C)cc1C. The van der Waals surface area contributed by atoms with Gasteiger partial charge in [-0.2, -0.15) is 0 Å². The molecule has 0 spiro atoms. The van der Waals surface area contributed by atoms with Crippen molar-refractivity contribution < 1.29 is 14.3 Å². The van der Waals surface area contributed by atoms with Crippen LogP contribution in [-0.2, 0) is 4.79 Å². The Balaban J connectivity index is 1.63. The number of aryl methyl sites for hydroxylation is 2. The van der Waals surface area contributed by atoms with Gasteiger partial charge in [0, 0.05) is 22.0 Å². The zero-order valence-corrected chi connectivity index (χ0v) is 21.5. The first-order chi connectivity index (χ1) is 16.7. The monoisotopic (exact) mass is 507 g/mol. The molecular weight excluding hydrogens is 482 g/mol. The Morgan fingerprint density at radius 1 is 1.14 bits per heavy atom. The summed E-state index contributed by atoms with van der Waals surface area (Å²) in [7, 11) is 1.61. The quantitative estimate of drug-likeness (QED) is 0.437. The molecular formula is C27H26ClN3O3S. The second-order valence-electron chi connectivity index (χ2n) is 9.08. The highest BCUT2D eigenvalue weighted by Gasteiger charge is 2.59. The summed E-state index contributed by atoms with van der Waals surface area (Å²) in [6.07, 6.45) is 0. The third-order valence-electron chi connectivity index (χ3n) is 6.71. The van der Waals surface area contributed by atoms with E-state index in [9.17, 15) is 4.79 Å².